The van der Waals surface area contributed by atoms with E-state index < -0.39 is 0 Å². The molecule has 0 aliphatic carbocycles. The van der Waals surface area contributed by atoms with Crippen molar-refractivity contribution in [2.45, 2.75) is 0 Å². The summed E-state index contributed by atoms with van der Waals surface area (Å²) in [5.41, 5.74) is 0.733. The number of nitrogens with zero attached hydrogens (tertiary/aromatic N) is 2. The van der Waals surface area contributed by atoms with Gasteiger partial charge in [0.2, 0.25) is 5.78 Å². The standard InChI is InChI=1S/C13H10N2O4/c16-13(11-5-2-7-18-11)9-3-1-4-10-12(9)15(14-17)6-8-19-10/h1-5,7H,6,8H2. The number of furan rings is 1. The van der Waals surface area contributed by atoms with Gasteiger partial charge in [-0.2, -0.15) is 0 Å². The molecule has 19 heavy (non-hydrogen) atoms. The predicted octanol–water partition coefficient (Wildman–Crippen LogP) is 2.39. The van der Waals surface area contributed by atoms with Crippen molar-refractivity contribution < 1.29 is 13.9 Å². The van der Waals surface area contributed by atoms with Crippen molar-refractivity contribution >= 4 is 11.5 Å². The number of hydrogen-bond acceptors (Lipinski definition) is 5. The molecule has 0 N–H and O–H groups in total. The lowest BCUT2D eigenvalue weighted by Crippen LogP contribution is -2.29. The van der Waals surface area contributed by atoms with Gasteiger partial charge in [0.25, 0.3) is 0 Å². The van der Waals surface area contributed by atoms with Crippen LogP contribution in [0, 0.1) is 4.91 Å². The quantitative estimate of drug-likeness (QED) is 0.624. The Morgan fingerprint density at radius 3 is 2.89 bits per heavy atom. The zero-order chi connectivity index (χ0) is 13.2. The first-order valence-electron chi connectivity index (χ1n) is 5.76. The van der Waals surface area contributed by atoms with Crippen molar-refractivity contribution in [3.8, 4) is 5.75 Å². The minimum atomic E-state index is -0.305. The van der Waals surface area contributed by atoms with E-state index in [1.54, 1.807) is 30.3 Å². The van der Waals surface area contributed by atoms with Gasteiger partial charge in [-0.1, -0.05) is 6.07 Å². The van der Waals surface area contributed by atoms with Crippen LogP contribution in [0.1, 0.15) is 16.1 Å². The Labute approximate surface area is 108 Å². The molecule has 2 heterocycles. The topological polar surface area (TPSA) is 72.1 Å². The first-order valence-corrected chi connectivity index (χ1v) is 5.76. The number of carbonyl (C=O) groups is 1. The second kappa shape index (κ2) is 4.56. The lowest BCUT2D eigenvalue weighted by Gasteiger charge is -2.26. The molecule has 1 aromatic heterocycles. The van der Waals surface area contributed by atoms with Crippen LogP contribution < -0.4 is 9.75 Å². The van der Waals surface area contributed by atoms with Gasteiger partial charge in [0.05, 0.1) is 23.7 Å². The van der Waals surface area contributed by atoms with Crippen LogP contribution in [0.5, 0.6) is 5.75 Å². The number of benzene rings is 1. The molecule has 1 aliphatic rings. The Bertz CT molecular complexity index is 622. The van der Waals surface area contributed by atoms with Crippen LogP contribution in [0.15, 0.2) is 46.3 Å². The average Bonchev–Trinajstić information content (AvgIpc) is 2.99. The molecule has 6 heteroatoms. The Kier molecular flexibility index (Phi) is 2.75. The Hall–Kier alpha value is -2.63. The fraction of sp³-hybridized carbons (Fsp3) is 0.154. The molecule has 6 nitrogen and oxygen atoms in total. The first kappa shape index (κ1) is 11.5. The van der Waals surface area contributed by atoms with Crippen molar-refractivity contribution in [2.75, 3.05) is 18.2 Å². The molecule has 0 spiro atoms. The monoisotopic (exact) mass is 258 g/mol. The Balaban J connectivity index is 2.12. The highest BCUT2D eigenvalue weighted by Gasteiger charge is 2.26. The van der Waals surface area contributed by atoms with Gasteiger partial charge < -0.3 is 9.15 Å². The zero-order valence-corrected chi connectivity index (χ0v) is 9.91. The number of nitroso groups, excluding NO2 is 1. The average molecular weight is 258 g/mol. The maximum absolute atomic E-state index is 12.3. The van der Waals surface area contributed by atoms with Gasteiger partial charge in [0, 0.05) is 0 Å². The van der Waals surface area contributed by atoms with E-state index >= 15 is 0 Å². The molecule has 0 atom stereocenters. The highest BCUT2D eigenvalue weighted by molar-refractivity contribution is 6.11. The van der Waals surface area contributed by atoms with Gasteiger partial charge in [0.1, 0.15) is 18.0 Å². The van der Waals surface area contributed by atoms with Crippen LogP contribution in [-0.4, -0.2) is 18.9 Å². The third kappa shape index (κ3) is 1.87. The smallest absolute Gasteiger partial charge is 0.230 e. The molecule has 0 amide bonds. The van der Waals surface area contributed by atoms with E-state index in [0.29, 0.717) is 30.2 Å². The third-order valence-electron chi connectivity index (χ3n) is 2.91. The molecule has 1 aromatic carbocycles. The molecular formula is C13H10N2O4. The maximum Gasteiger partial charge on any atom is 0.230 e. The summed E-state index contributed by atoms with van der Waals surface area (Å²) in [7, 11) is 0. The minimum absolute atomic E-state index is 0.213. The Morgan fingerprint density at radius 1 is 1.26 bits per heavy atom. The molecule has 3 rings (SSSR count). The number of carbonyl (C=O) groups excluding carboxylic acids is 1. The molecule has 1 aliphatic heterocycles. The summed E-state index contributed by atoms with van der Waals surface area (Å²) in [4.78, 5) is 23.2. The normalized spacial score (nSPS) is 13.6. The number of para-hydroxylation sites is 1. The first-order chi connectivity index (χ1) is 9.31. The van der Waals surface area contributed by atoms with Crippen molar-refractivity contribution in [3.05, 3.63) is 52.8 Å². The number of fused-ring (bicyclic) bond motifs is 1. The summed E-state index contributed by atoms with van der Waals surface area (Å²) in [6.07, 6.45) is 1.43. The lowest BCUT2D eigenvalue weighted by atomic mass is 10.0. The van der Waals surface area contributed by atoms with Gasteiger partial charge in [-0.3, -0.25) is 4.79 Å². The predicted molar refractivity (Wildman–Crippen MR) is 67.2 cm³/mol. The van der Waals surface area contributed by atoms with Crippen molar-refractivity contribution in [1.82, 2.24) is 0 Å². The van der Waals surface area contributed by atoms with Crippen molar-refractivity contribution in [1.29, 1.82) is 0 Å². The summed E-state index contributed by atoms with van der Waals surface area (Å²) in [6.45, 7) is 0.677. The summed E-state index contributed by atoms with van der Waals surface area (Å²) >= 11 is 0. The van der Waals surface area contributed by atoms with E-state index in [1.807, 2.05) is 0 Å². The second-order valence-corrected chi connectivity index (χ2v) is 4.01. The van der Waals surface area contributed by atoms with Crippen LogP contribution in [-0.2, 0) is 0 Å². The number of rotatable bonds is 3. The highest BCUT2D eigenvalue weighted by Crippen LogP contribution is 2.36. The molecule has 96 valence electrons. The number of anilines is 1. The molecular weight excluding hydrogens is 248 g/mol. The Morgan fingerprint density at radius 2 is 2.16 bits per heavy atom. The number of ether oxygens (including phenoxy) is 1. The molecule has 2 aromatic rings. The molecule has 0 bridgehead atoms. The maximum atomic E-state index is 12.3. The summed E-state index contributed by atoms with van der Waals surface area (Å²) in [5, 5.41) is 4.16. The fourth-order valence-electron chi connectivity index (χ4n) is 2.06. The zero-order valence-electron chi connectivity index (χ0n) is 9.91. The van der Waals surface area contributed by atoms with Crippen LogP contribution in [0.4, 0.5) is 5.69 Å². The van der Waals surface area contributed by atoms with Crippen LogP contribution in [0.25, 0.3) is 0 Å². The minimum Gasteiger partial charge on any atom is -0.489 e. The largest absolute Gasteiger partial charge is 0.489 e. The van der Waals surface area contributed by atoms with Crippen molar-refractivity contribution in [2.24, 2.45) is 5.29 Å². The number of ketones is 1. The van der Waals surface area contributed by atoms with Gasteiger partial charge >= 0.3 is 0 Å². The lowest BCUT2D eigenvalue weighted by molar-refractivity contribution is 0.101. The number of hydrogen-bond donors (Lipinski definition) is 0. The summed E-state index contributed by atoms with van der Waals surface area (Å²) in [5.74, 6) is 0.383. The summed E-state index contributed by atoms with van der Waals surface area (Å²) < 4.78 is 10.5. The van der Waals surface area contributed by atoms with Crippen LogP contribution in [0.2, 0.25) is 0 Å². The molecule has 0 fully saturated rings. The van der Waals surface area contributed by atoms with E-state index in [1.165, 1.54) is 11.3 Å². The van der Waals surface area contributed by atoms with Gasteiger partial charge in [-0.05, 0) is 24.3 Å². The second-order valence-electron chi connectivity index (χ2n) is 4.01. The highest BCUT2D eigenvalue weighted by atomic mass is 16.5. The van der Waals surface area contributed by atoms with Crippen molar-refractivity contribution in [3.63, 3.8) is 0 Å². The van der Waals surface area contributed by atoms with Gasteiger partial charge in [-0.15, -0.1) is 4.91 Å². The van der Waals surface area contributed by atoms with E-state index in [0.717, 1.165) is 0 Å². The van der Waals surface area contributed by atoms with Crippen LogP contribution in [0.3, 0.4) is 0 Å². The molecule has 0 saturated heterocycles. The van der Waals surface area contributed by atoms with E-state index in [-0.39, 0.29) is 11.5 Å². The fourth-order valence-corrected chi connectivity index (χ4v) is 2.06. The van der Waals surface area contributed by atoms with Gasteiger partial charge in [-0.25, -0.2) is 5.01 Å². The van der Waals surface area contributed by atoms with E-state index in [9.17, 15) is 9.70 Å². The van der Waals surface area contributed by atoms with Gasteiger partial charge in [0.15, 0.2) is 5.76 Å². The SMILES string of the molecule is O=NN1CCOc2cccc(C(=O)c3ccco3)c21. The van der Waals surface area contributed by atoms with E-state index in [4.69, 9.17) is 9.15 Å². The molecule has 0 radical (unpaired) electrons. The van der Waals surface area contributed by atoms with Crippen LogP contribution >= 0.6 is 0 Å². The summed E-state index contributed by atoms with van der Waals surface area (Å²) in [6, 6.07) is 8.23. The third-order valence-corrected chi connectivity index (χ3v) is 2.91. The van der Waals surface area contributed by atoms with E-state index in [2.05, 4.69) is 5.29 Å². The molecule has 0 saturated carbocycles. The molecule has 0 unspecified atom stereocenters.